The largest absolute Gasteiger partial charge is 0.326 e. The monoisotopic (exact) mass is 364 g/mol. The van der Waals surface area contributed by atoms with Crippen LogP contribution in [-0.2, 0) is 11.2 Å². The molecule has 3 aromatic rings. The van der Waals surface area contributed by atoms with Crippen LogP contribution < -0.4 is 5.32 Å². The van der Waals surface area contributed by atoms with Crippen molar-refractivity contribution >= 4 is 34.5 Å². The zero-order chi connectivity index (χ0) is 17.1. The first-order chi connectivity index (χ1) is 11.5. The number of thiazole rings is 1. The fraction of sp³-hybridized carbons (Fsp3) is 0.0588. The molecule has 0 spiro atoms. The molecule has 0 aliphatic heterocycles. The van der Waals surface area contributed by atoms with Gasteiger partial charge in [0.25, 0.3) is 0 Å². The van der Waals surface area contributed by atoms with Crippen molar-refractivity contribution in [3.05, 3.63) is 70.2 Å². The van der Waals surface area contributed by atoms with Crippen molar-refractivity contribution in [2.24, 2.45) is 0 Å². The minimum atomic E-state index is -0.750. The Bertz CT molecular complexity index is 878. The second-order valence-corrected chi connectivity index (χ2v) is 6.27. The highest BCUT2D eigenvalue weighted by molar-refractivity contribution is 7.13. The number of halogens is 3. The number of carbonyl (C=O) groups is 1. The van der Waals surface area contributed by atoms with Crippen LogP contribution in [-0.4, -0.2) is 10.9 Å². The van der Waals surface area contributed by atoms with E-state index in [0.29, 0.717) is 15.7 Å². The average molecular weight is 365 g/mol. The van der Waals surface area contributed by atoms with Crippen LogP contribution in [0.3, 0.4) is 0 Å². The molecule has 1 N–H and O–H groups in total. The molecular formula is C17H11ClF2N2OS. The van der Waals surface area contributed by atoms with Crippen LogP contribution in [0.5, 0.6) is 0 Å². The lowest BCUT2D eigenvalue weighted by Crippen LogP contribution is -2.14. The number of carbonyl (C=O) groups excluding carboxylic acids is 1. The average Bonchev–Trinajstić information content (AvgIpc) is 2.94. The quantitative estimate of drug-likeness (QED) is 0.713. The van der Waals surface area contributed by atoms with Gasteiger partial charge in [0, 0.05) is 22.7 Å². The van der Waals surface area contributed by atoms with E-state index >= 15 is 0 Å². The zero-order valence-corrected chi connectivity index (χ0v) is 13.8. The number of nitrogens with zero attached hydrogens (tertiary/aromatic N) is 1. The topological polar surface area (TPSA) is 42.0 Å². The maximum atomic E-state index is 13.1. The smallest absolute Gasteiger partial charge is 0.230 e. The van der Waals surface area contributed by atoms with Crippen molar-refractivity contribution in [3.8, 4) is 10.6 Å². The first-order valence-corrected chi connectivity index (χ1v) is 8.22. The lowest BCUT2D eigenvalue weighted by molar-refractivity contribution is -0.115. The van der Waals surface area contributed by atoms with E-state index in [-0.39, 0.29) is 12.1 Å². The third-order valence-electron chi connectivity index (χ3n) is 3.14. The summed E-state index contributed by atoms with van der Waals surface area (Å²) in [6.45, 7) is 0. The highest BCUT2D eigenvalue weighted by Crippen LogP contribution is 2.30. The molecule has 2 aromatic carbocycles. The van der Waals surface area contributed by atoms with Gasteiger partial charge in [-0.1, -0.05) is 29.8 Å². The third kappa shape index (κ3) is 3.96. The second kappa shape index (κ2) is 7.07. The molecule has 1 amide bonds. The van der Waals surface area contributed by atoms with Crippen molar-refractivity contribution in [1.29, 1.82) is 0 Å². The van der Waals surface area contributed by atoms with E-state index in [1.807, 2.05) is 18.2 Å². The Kier molecular flexibility index (Phi) is 4.87. The Morgan fingerprint density at radius 2 is 1.88 bits per heavy atom. The Labute approximate surface area is 145 Å². The number of aromatic nitrogens is 1. The molecule has 0 fully saturated rings. The van der Waals surface area contributed by atoms with E-state index in [0.717, 1.165) is 23.8 Å². The number of rotatable bonds is 4. The molecular weight excluding hydrogens is 354 g/mol. The van der Waals surface area contributed by atoms with Crippen LogP contribution in [0.2, 0.25) is 5.02 Å². The van der Waals surface area contributed by atoms with E-state index in [1.54, 1.807) is 11.4 Å². The molecule has 1 aromatic heterocycles. The number of hydrogen-bond donors (Lipinski definition) is 1. The Morgan fingerprint density at radius 3 is 2.58 bits per heavy atom. The van der Waals surface area contributed by atoms with Crippen molar-refractivity contribution in [3.63, 3.8) is 0 Å². The van der Waals surface area contributed by atoms with Crippen molar-refractivity contribution in [2.45, 2.75) is 6.42 Å². The number of anilines is 1. The van der Waals surface area contributed by atoms with Crippen LogP contribution >= 0.6 is 22.9 Å². The van der Waals surface area contributed by atoms with Crippen LogP contribution in [0.25, 0.3) is 10.6 Å². The van der Waals surface area contributed by atoms with E-state index in [1.165, 1.54) is 11.3 Å². The minimum absolute atomic E-state index is 0.000908. The lowest BCUT2D eigenvalue weighted by Gasteiger charge is -2.04. The predicted molar refractivity (Wildman–Crippen MR) is 91.3 cm³/mol. The highest BCUT2D eigenvalue weighted by Gasteiger charge is 2.12. The molecule has 3 nitrogen and oxygen atoms in total. The van der Waals surface area contributed by atoms with E-state index in [4.69, 9.17) is 11.6 Å². The molecule has 122 valence electrons. The Balaban J connectivity index is 1.70. The fourth-order valence-corrected chi connectivity index (χ4v) is 3.28. The van der Waals surface area contributed by atoms with E-state index < -0.39 is 17.5 Å². The summed E-state index contributed by atoms with van der Waals surface area (Å²) in [7, 11) is 0. The molecule has 0 atom stereocenters. The molecule has 0 radical (unpaired) electrons. The summed E-state index contributed by atoms with van der Waals surface area (Å²) in [4.78, 5) is 16.4. The van der Waals surface area contributed by atoms with Crippen molar-refractivity contribution in [2.75, 3.05) is 5.32 Å². The summed E-state index contributed by atoms with van der Waals surface area (Å²) in [5.74, 6) is -1.91. The molecule has 3 rings (SSSR count). The standard InChI is InChI=1S/C17H11ClF2N2OS/c18-15-4-2-1-3-14(15)17-22-13(9-24-17)8-16(23)21-12-6-10(19)5-11(20)7-12/h1-7,9H,8H2,(H,21,23). The number of amides is 1. The molecule has 1 heterocycles. The molecule has 0 bridgehead atoms. The van der Waals surface area contributed by atoms with Crippen molar-refractivity contribution in [1.82, 2.24) is 4.98 Å². The molecule has 0 saturated carbocycles. The normalized spacial score (nSPS) is 10.6. The van der Waals surface area contributed by atoms with Crippen LogP contribution in [0.1, 0.15) is 5.69 Å². The Morgan fingerprint density at radius 1 is 1.17 bits per heavy atom. The summed E-state index contributed by atoms with van der Waals surface area (Å²) in [5.41, 5.74) is 1.42. The minimum Gasteiger partial charge on any atom is -0.326 e. The second-order valence-electron chi connectivity index (χ2n) is 5.01. The number of benzene rings is 2. The maximum absolute atomic E-state index is 13.1. The highest BCUT2D eigenvalue weighted by atomic mass is 35.5. The summed E-state index contributed by atoms with van der Waals surface area (Å²) in [6.07, 6.45) is -0.000908. The van der Waals surface area contributed by atoms with E-state index in [2.05, 4.69) is 10.3 Å². The van der Waals surface area contributed by atoms with Gasteiger partial charge in [-0.3, -0.25) is 4.79 Å². The van der Waals surface area contributed by atoms with Gasteiger partial charge in [-0.25, -0.2) is 13.8 Å². The van der Waals surface area contributed by atoms with Crippen LogP contribution in [0.4, 0.5) is 14.5 Å². The van der Waals surface area contributed by atoms with Gasteiger partial charge in [-0.2, -0.15) is 0 Å². The summed E-state index contributed by atoms with van der Waals surface area (Å²) < 4.78 is 26.2. The molecule has 0 aliphatic carbocycles. The first-order valence-electron chi connectivity index (χ1n) is 6.96. The zero-order valence-electron chi connectivity index (χ0n) is 12.2. The number of nitrogens with one attached hydrogen (secondary N) is 1. The van der Waals surface area contributed by atoms with Gasteiger partial charge in [0.1, 0.15) is 16.6 Å². The van der Waals surface area contributed by atoms with Crippen LogP contribution in [0.15, 0.2) is 47.8 Å². The molecule has 24 heavy (non-hydrogen) atoms. The van der Waals surface area contributed by atoms with Gasteiger partial charge < -0.3 is 5.32 Å². The Hall–Kier alpha value is -2.31. The fourth-order valence-electron chi connectivity index (χ4n) is 2.14. The van der Waals surface area contributed by atoms with Crippen LogP contribution in [0, 0.1) is 11.6 Å². The summed E-state index contributed by atoms with van der Waals surface area (Å²) in [6, 6.07) is 10.1. The summed E-state index contributed by atoms with van der Waals surface area (Å²) >= 11 is 7.50. The van der Waals surface area contributed by atoms with Crippen molar-refractivity contribution < 1.29 is 13.6 Å². The third-order valence-corrected chi connectivity index (χ3v) is 4.40. The maximum Gasteiger partial charge on any atom is 0.230 e. The predicted octanol–water partition coefficient (Wildman–Crippen LogP) is 4.92. The SMILES string of the molecule is O=C(Cc1csc(-c2ccccc2Cl)n1)Nc1cc(F)cc(F)c1. The van der Waals surface area contributed by atoms with Gasteiger partial charge in [-0.05, 0) is 18.2 Å². The molecule has 0 saturated heterocycles. The molecule has 0 unspecified atom stereocenters. The first kappa shape index (κ1) is 16.5. The van der Waals surface area contributed by atoms with Gasteiger partial charge in [0.2, 0.25) is 5.91 Å². The van der Waals surface area contributed by atoms with Gasteiger partial charge >= 0.3 is 0 Å². The molecule has 0 aliphatic rings. The number of hydrogen-bond acceptors (Lipinski definition) is 3. The molecule has 7 heteroatoms. The van der Waals surface area contributed by atoms with Gasteiger partial charge in [0.15, 0.2) is 0 Å². The lowest BCUT2D eigenvalue weighted by atomic mass is 10.2. The van der Waals surface area contributed by atoms with Gasteiger partial charge in [-0.15, -0.1) is 11.3 Å². The summed E-state index contributed by atoms with van der Waals surface area (Å²) in [5, 5.41) is 5.50. The van der Waals surface area contributed by atoms with Gasteiger partial charge in [0.05, 0.1) is 17.1 Å². The van der Waals surface area contributed by atoms with E-state index in [9.17, 15) is 13.6 Å².